The van der Waals surface area contributed by atoms with Gasteiger partial charge in [-0.25, -0.2) is 0 Å². The molecular weight excluding hydrogens is 258 g/mol. The van der Waals surface area contributed by atoms with Gasteiger partial charge in [-0.1, -0.05) is 25.1 Å². The lowest BCUT2D eigenvalue weighted by atomic mass is 10.0. The van der Waals surface area contributed by atoms with E-state index in [0.29, 0.717) is 6.04 Å². The van der Waals surface area contributed by atoms with Gasteiger partial charge in [0.2, 0.25) is 0 Å². The Morgan fingerprint density at radius 2 is 1.95 bits per heavy atom. The minimum atomic E-state index is 0.421. The maximum Gasteiger partial charge on any atom is 0.0415 e. The summed E-state index contributed by atoms with van der Waals surface area (Å²) in [6, 6.07) is 10.9. The summed E-state index contributed by atoms with van der Waals surface area (Å²) in [5.74, 6) is 0. The highest BCUT2D eigenvalue weighted by Crippen LogP contribution is 2.33. The van der Waals surface area contributed by atoms with Crippen LogP contribution in [-0.4, -0.2) is 43.7 Å². The minimum Gasteiger partial charge on any atom is -0.370 e. The third-order valence-electron chi connectivity index (χ3n) is 5.40. The van der Waals surface area contributed by atoms with Crippen molar-refractivity contribution in [2.45, 2.75) is 51.2 Å². The summed E-state index contributed by atoms with van der Waals surface area (Å²) in [4.78, 5) is 5.25. The van der Waals surface area contributed by atoms with Gasteiger partial charge in [0.15, 0.2) is 0 Å². The fourth-order valence-corrected chi connectivity index (χ4v) is 4.09. The predicted octanol–water partition coefficient (Wildman–Crippen LogP) is 3.03. The first-order valence-electron chi connectivity index (χ1n) is 8.50. The summed E-state index contributed by atoms with van der Waals surface area (Å²) in [5, 5.41) is 3.56. The number of anilines is 1. The number of likely N-dealkylation sites (N-methyl/N-ethyl adjacent to an activating group) is 1. The molecule has 2 bridgehead atoms. The molecule has 21 heavy (non-hydrogen) atoms. The Morgan fingerprint density at radius 1 is 1.19 bits per heavy atom. The first-order chi connectivity index (χ1) is 10.2. The topological polar surface area (TPSA) is 18.5 Å². The Kier molecular flexibility index (Phi) is 4.51. The van der Waals surface area contributed by atoms with E-state index in [4.69, 9.17) is 0 Å². The highest BCUT2D eigenvalue weighted by Gasteiger charge is 2.35. The lowest BCUT2D eigenvalue weighted by Crippen LogP contribution is -2.37. The van der Waals surface area contributed by atoms with Gasteiger partial charge in [-0.15, -0.1) is 0 Å². The molecule has 0 aromatic heterocycles. The standard InChI is InChI=1S/C18H29N3/c1-4-19-14(2)17-7-5-6-8-18(17)21-12-11-15-9-10-16(13-21)20(15)3/h5-8,14-16,19H,4,9-13H2,1-3H3. The quantitative estimate of drug-likeness (QED) is 0.918. The molecule has 0 radical (unpaired) electrons. The van der Waals surface area contributed by atoms with Gasteiger partial charge in [0.1, 0.15) is 0 Å². The van der Waals surface area contributed by atoms with E-state index >= 15 is 0 Å². The van der Waals surface area contributed by atoms with Crippen LogP contribution < -0.4 is 10.2 Å². The van der Waals surface area contributed by atoms with Gasteiger partial charge in [-0.3, -0.25) is 4.90 Å². The number of rotatable bonds is 4. The van der Waals surface area contributed by atoms with Gasteiger partial charge in [0.05, 0.1) is 0 Å². The molecule has 0 amide bonds. The van der Waals surface area contributed by atoms with Crippen LogP contribution in [0.5, 0.6) is 0 Å². The molecule has 0 aliphatic carbocycles. The molecule has 1 aromatic carbocycles. The Hall–Kier alpha value is -1.06. The first-order valence-corrected chi connectivity index (χ1v) is 8.50. The van der Waals surface area contributed by atoms with Crippen LogP contribution in [-0.2, 0) is 0 Å². The van der Waals surface area contributed by atoms with Gasteiger partial charge in [0, 0.05) is 36.9 Å². The van der Waals surface area contributed by atoms with Crippen molar-refractivity contribution in [2.24, 2.45) is 0 Å². The summed E-state index contributed by atoms with van der Waals surface area (Å²) < 4.78 is 0. The van der Waals surface area contributed by atoms with Crippen LogP contribution in [0.25, 0.3) is 0 Å². The van der Waals surface area contributed by atoms with Crippen LogP contribution in [0.4, 0.5) is 5.69 Å². The summed E-state index contributed by atoms with van der Waals surface area (Å²) in [6.07, 6.45) is 4.06. The molecule has 1 N–H and O–H groups in total. The molecule has 3 unspecified atom stereocenters. The Balaban J connectivity index is 1.83. The first kappa shape index (κ1) is 14.9. The Morgan fingerprint density at radius 3 is 2.76 bits per heavy atom. The number of benzene rings is 1. The van der Waals surface area contributed by atoms with Crippen LogP contribution in [0.1, 0.15) is 44.7 Å². The zero-order chi connectivity index (χ0) is 14.8. The van der Waals surface area contributed by atoms with E-state index < -0.39 is 0 Å². The molecule has 0 saturated carbocycles. The molecule has 2 aliphatic heterocycles. The van der Waals surface area contributed by atoms with E-state index in [-0.39, 0.29) is 0 Å². The van der Waals surface area contributed by atoms with Crippen molar-refractivity contribution < 1.29 is 0 Å². The average Bonchev–Trinajstić information content (AvgIpc) is 2.73. The SMILES string of the molecule is CCNC(C)c1ccccc1N1CCC2CCC(C1)N2C. The smallest absolute Gasteiger partial charge is 0.0415 e. The van der Waals surface area contributed by atoms with Crippen molar-refractivity contribution in [3.8, 4) is 0 Å². The second-order valence-electron chi connectivity index (χ2n) is 6.62. The third-order valence-corrected chi connectivity index (χ3v) is 5.40. The van der Waals surface area contributed by atoms with Gasteiger partial charge in [-0.2, -0.15) is 0 Å². The third kappa shape index (κ3) is 2.95. The van der Waals surface area contributed by atoms with E-state index in [1.54, 1.807) is 0 Å². The fraction of sp³-hybridized carbons (Fsp3) is 0.667. The van der Waals surface area contributed by atoms with Crippen LogP contribution in [0.2, 0.25) is 0 Å². The number of nitrogens with one attached hydrogen (secondary N) is 1. The molecule has 2 fully saturated rings. The highest BCUT2D eigenvalue weighted by atomic mass is 15.3. The normalized spacial score (nSPS) is 27.7. The van der Waals surface area contributed by atoms with Crippen molar-refractivity contribution in [3.05, 3.63) is 29.8 Å². The van der Waals surface area contributed by atoms with E-state index in [9.17, 15) is 0 Å². The van der Waals surface area contributed by atoms with E-state index in [2.05, 4.69) is 60.3 Å². The maximum atomic E-state index is 3.56. The number of fused-ring (bicyclic) bond motifs is 2. The summed E-state index contributed by atoms with van der Waals surface area (Å²) in [5.41, 5.74) is 2.88. The van der Waals surface area contributed by atoms with Crippen molar-refractivity contribution in [1.82, 2.24) is 10.2 Å². The van der Waals surface area contributed by atoms with Gasteiger partial charge >= 0.3 is 0 Å². The van der Waals surface area contributed by atoms with Gasteiger partial charge < -0.3 is 10.2 Å². The maximum absolute atomic E-state index is 3.56. The summed E-state index contributed by atoms with van der Waals surface area (Å²) >= 11 is 0. The number of nitrogens with zero attached hydrogens (tertiary/aromatic N) is 2. The van der Waals surface area contributed by atoms with Crippen molar-refractivity contribution >= 4 is 5.69 Å². The Bertz CT molecular complexity index is 473. The number of hydrogen-bond donors (Lipinski definition) is 1. The molecule has 2 heterocycles. The molecule has 0 spiro atoms. The second kappa shape index (κ2) is 6.37. The second-order valence-corrected chi connectivity index (χ2v) is 6.62. The molecule has 1 aromatic rings. The minimum absolute atomic E-state index is 0.421. The number of para-hydroxylation sites is 1. The molecule has 2 saturated heterocycles. The summed E-state index contributed by atoms with van der Waals surface area (Å²) in [7, 11) is 2.32. The lowest BCUT2D eigenvalue weighted by molar-refractivity contribution is 0.254. The van der Waals surface area contributed by atoms with Crippen molar-refractivity contribution in [2.75, 3.05) is 31.6 Å². The molecule has 2 aliphatic rings. The molecule has 3 nitrogen and oxygen atoms in total. The fourth-order valence-electron chi connectivity index (χ4n) is 4.09. The largest absolute Gasteiger partial charge is 0.370 e. The van der Waals surface area contributed by atoms with Crippen molar-refractivity contribution in [1.29, 1.82) is 0 Å². The van der Waals surface area contributed by atoms with Crippen LogP contribution >= 0.6 is 0 Å². The van der Waals surface area contributed by atoms with E-state index in [1.807, 2.05) is 0 Å². The van der Waals surface area contributed by atoms with Gasteiger partial charge in [-0.05, 0) is 51.4 Å². The monoisotopic (exact) mass is 287 g/mol. The van der Waals surface area contributed by atoms with Crippen LogP contribution in [0.3, 0.4) is 0 Å². The zero-order valence-electron chi connectivity index (χ0n) is 13.7. The molecule has 3 rings (SSSR count). The average molecular weight is 287 g/mol. The van der Waals surface area contributed by atoms with Gasteiger partial charge in [0.25, 0.3) is 0 Å². The molecule has 116 valence electrons. The van der Waals surface area contributed by atoms with Crippen LogP contribution in [0.15, 0.2) is 24.3 Å². The molecule has 3 heteroatoms. The van der Waals surface area contributed by atoms with Crippen LogP contribution in [0, 0.1) is 0 Å². The number of hydrogen-bond acceptors (Lipinski definition) is 3. The highest BCUT2D eigenvalue weighted by molar-refractivity contribution is 5.55. The predicted molar refractivity (Wildman–Crippen MR) is 89.9 cm³/mol. The molecular formula is C18H29N3. The lowest BCUT2D eigenvalue weighted by Gasteiger charge is -2.31. The van der Waals surface area contributed by atoms with E-state index in [0.717, 1.165) is 18.6 Å². The van der Waals surface area contributed by atoms with E-state index in [1.165, 1.54) is 43.6 Å². The summed E-state index contributed by atoms with van der Waals surface area (Å²) in [6.45, 7) is 7.85. The van der Waals surface area contributed by atoms with Crippen molar-refractivity contribution in [3.63, 3.8) is 0 Å². The zero-order valence-corrected chi connectivity index (χ0v) is 13.7. The molecule has 3 atom stereocenters. The Labute approximate surface area is 129 Å².